The van der Waals surface area contributed by atoms with Crippen LogP contribution in [0.3, 0.4) is 0 Å². The fourth-order valence-electron chi connectivity index (χ4n) is 3.48. The number of nitrogens with two attached hydrogens (primary N) is 1. The van der Waals surface area contributed by atoms with Gasteiger partial charge in [0, 0.05) is 12.1 Å². The molecule has 0 radical (unpaired) electrons. The molecule has 2 bridgehead atoms. The van der Waals surface area contributed by atoms with Gasteiger partial charge in [-0.05, 0) is 58.6 Å². The van der Waals surface area contributed by atoms with Crippen LogP contribution in [0.1, 0.15) is 46.5 Å². The van der Waals surface area contributed by atoms with Gasteiger partial charge in [0.2, 0.25) is 5.88 Å². The van der Waals surface area contributed by atoms with Crippen LogP contribution in [0.15, 0.2) is 12.1 Å². The molecule has 0 aliphatic carbocycles. The van der Waals surface area contributed by atoms with Crippen molar-refractivity contribution in [2.75, 3.05) is 10.6 Å². The topological polar surface area (TPSA) is 71.6 Å². The van der Waals surface area contributed by atoms with E-state index in [0.29, 0.717) is 23.7 Å². The lowest BCUT2D eigenvalue weighted by atomic mass is 10.00. The zero-order chi connectivity index (χ0) is 15.2. The van der Waals surface area contributed by atoms with Gasteiger partial charge in [0.25, 0.3) is 0 Å². The fourth-order valence-corrected chi connectivity index (χ4v) is 3.48. The minimum atomic E-state index is -0.323. The van der Waals surface area contributed by atoms with Gasteiger partial charge in [0.05, 0.1) is 11.8 Å². The Morgan fingerprint density at radius 1 is 1.24 bits per heavy atom. The van der Waals surface area contributed by atoms with E-state index in [4.69, 9.17) is 10.5 Å². The molecule has 5 heteroatoms. The summed E-state index contributed by atoms with van der Waals surface area (Å²) in [6.07, 6.45) is 3.75. The van der Waals surface area contributed by atoms with Crippen molar-refractivity contribution in [1.82, 2.24) is 4.98 Å². The minimum Gasteiger partial charge on any atom is -0.470 e. The number of nitrogen functional groups attached to an aromatic ring is 1. The largest absolute Gasteiger partial charge is 0.470 e. The average Bonchev–Trinajstić information content (AvgIpc) is 2.63. The maximum atomic E-state index is 9.91. The van der Waals surface area contributed by atoms with Gasteiger partial charge in [0.15, 0.2) is 0 Å². The highest BCUT2D eigenvalue weighted by molar-refractivity contribution is 5.56. The number of aromatic nitrogens is 1. The molecule has 5 nitrogen and oxygen atoms in total. The standard InChI is InChI=1S/C16H25N3O2/c1-16(2,3)21-15-13(17)6-7-14(18-15)19-10-4-5-11(19)9-12(20)8-10/h6-7,10-12,20H,4-5,8-9,17H2,1-3H3. The lowest BCUT2D eigenvalue weighted by Gasteiger charge is -2.38. The Morgan fingerprint density at radius 2 is 1.86 bits per heavy atom. The third kappa shape index (κ3) is 2.93. The smallest absolute Gasteiger partial charge is 0.239 e. The number of hydrogen-bond acceptors (Lipinski definition) is 5. The molecule has 2 fully saturated rings. The van der Waals surface area contributed by atoms with Crippen molar-refractivity contribution >= 4 is 11.5 Å². The summed E-state index contributed by atoms with van der Waals surface area (Å²) in [5, 5.41) is 9.91. The maximum Gasteiger partial charge on any atom is 0.239 e. The van der Waals surface area contributed by atoms with E-state index in [2.05, 4.69) is 9.88 Å². The molecular weight excluding hydrogens is 266 g/mol. The Labute approximate surface area is 126 Å². The predicted octanol–water partition coefficient (Wildman–Crippen LogP) is 2.33. The van der Waals surface area contributed by atoms with Crippen molar-refractivity contribution in [1.29, 1.82) is 0 Å². The van der Waals surface area contributed by atoms with Crippen molar-refractivity contribution < 1.29 is 9.84 Å². The van der Waals surface area contributed by atoms with Gasteiger partial charge in [-0.1, -0.05) is 0 Å². The molecular formula is C16H25N3O2. The molecule has 0 spiro atoms. The molecule has 2 aliphatic heterocycles. The molecule has 0 aromatic carbocycles. The highest BCUT2D eigenvalue weighted by atomic mass is 16.5. The first-order chi connectivity index (χ1) is 9.83. The number of nitrogens with zero attached hydrogens (tertiary/aromatic N) is 2. The number of piperidine rings is 1. The summed E-state index contributed by atoms with van der Waals surface area (Å²) in [5.41, 5.74) is 6.23. The van der Waals surface area contributed by atoms with Crippen LogP contribution in [-0.4, -0.2) is 33.9 Å². The molecule has 3 N–H and O–H groups in total. The number of pyridine rings is 1. The van der Waals surface area contributed by atoms with E-state index in [-0.39, 0.29) is 11.7 Å². The zero-order valence-electron chi connectivity index (χ0n) is 13.0. The number of aliphatic hydroxyl groups excluding tert-OH is 1. The summed E-state index contributed by atoms with van der Waals surface area (Å²) in [7, 11) is 0. The summed E-state index contributed by atoms with van der Waals surface area (Å²) in [5.74, 6) is 1.42. The first-order valence-electron chi connectivity index (χ1n) is 7.75. The zero-order valence-corrected chi connectivity index (χ0v) is 13.0. The Balaban J connectivity index is 1.88. The number of rotatable bonds is 2. The third-order valence-corrected chi connectivity index (χ3v) is 4.25. The van der Waals surface area contributed by atoms with E-state index in [0.717, 1.165) is 31.5 Å². The average molecular weight is 291 g/mol. The van der Waals surface area contributed by atoms with Crippen molar-refractivity contribution in [3.8, 4) is 5.88 Å². The SMILES string of the molecule is CC(C)(C)Oc1nc(N2C3CCC2CC(O)C3)ccc1N. The Kier molecular flexibility index (Phi) is 3.48. The minimum absolute atomic E-state index is 0.169. The molecule has 1 aromatic heterocycles. The Bertz CT molecular complexity index is 513. The van der Waals surface area contributed by atoms with Crippen LogP contribution in [0.25, 0.3) is 0 Å². The molecule has 116 valence electrons. The molecule has 0 amide bonds. The van der Waals surface area contributed by atoms with Gasteiger partial charge in [-0.3, -0.25) is 0 Å². The summed E-state index contributed by atoms with van der Waals surface area (Å²) >= 11 is 0. The van der Waals surface area contributed by atoms with Gasteiger partial charge >= 0.3 is 0 Å². The van der Waals surface area contributed by atoms with Gasteiger partial charge in [0.1, 0.15) is 11.4 Å². The summed E-state index contributed by atoms with van der Waals surface area (Å²) in [4.78, 5) is 6.99. The molecule has 3 rings (SSSR count). The number of anilines is 2. The fraction of sp³-hybridized carbons (Fsp3) is 0.688. The molecule has 2 aliphatic rings. The van der Waals surface area contributed by atoms with E-state index in [1.807, 2.05) is 32.9 Å². The number of ether oxygens (including phenoxy) is 1. The summed E-state index contributed by atoms with van der Waals surface area (Å²) in [6, 6.07) is 4.61. The van der Waals surface area contributed by atoms with Gasteiger partial charge in [-0.25, -0.2) is 0 Å². The lowest BCUT2D eigenvalue weighted by molar-refractivity contribution is 0.122. The van der Waals surface area contributed by atoms with E-state index in [1.54, 1.807) is 0 Å². The number of hydrogen-bond donors (Lipinski definition) is 2. The van der Waals surface area contributed by atoms with Crippen LogP contribution in [0, 0.1) is 0 Å². The van der Waals surface area contributed by atoms with Crippen molar-refractivity contribution in [2.24, 2.45) is 0 Å². The van der Waals surface area contributed by atoms with Crippen LogP contribution in [0.2, 0.25) is 0 Å². The highest BCUT2D eigenvalue weighted by Gasteiger charge is 2.41. The van der Waals surface area contributed by atoms with Crippen molar-refractivity contribution in [3.05, 3.63) is 12.1 Å². The molecule has 2 saturated heterocycles. The van der Waals surface area contributed by atoms with Crippen molar-refractivity contribution in [2.45, 2.75) is 70.2 Å². The van der Waals surface area contributed by atoms with E-state index >= 15 is 0 Å². The van der Waals surface area contributed by atoms with Crippen LogP contribution in [0.4, 0.5) is 11.5 Å². The molecule has 0 saturated carbocycles. The monoisotopic (exact) mass is 291 g/mol. The molecule has 3 heterocycles. The number of fused-ring (bicyclic) bond motifs is 2. The molecule has 2 unspecified atom stereocenters. The molecule has 1 aromatic rings. The highest BCUT2D eigenvalue weighted by Crippen LogP contribution is 2.39. The van der Waals surface area contributed by atoms with E-state index < -0.39 is 0 Å². The maximum absolute atomic E-state index is 9.91. The second-order valence-electron chi connectivity index (χ2n) is 7.20. The summed E-state index contributed by atoms with van der Waals surface area (Å²) in [6.45, 7) is 5.96. The lowest BCUT2D eigenvalue weighted by Crippen LogP contribution is -2.45. The Morgan fingerprint density at radius 3 is 2.43 bits per heavy atom. The van der Waals surface area contributed by atoms with Crippen LogP contribution in [-0.2, 0) is 0 Å². The molecule has 2 atom stereocenters. The first-order valence-corrected chi connectivity index (χ1v) is 7.75. The van der Waals surface area contributed by atoms with Crippen LogP contribution in [0.5, 0.6) is 5.88 Å². The van der Waals surface area contributed by atoms with Gasteiger partial charge in [-0.15, -0.1) is 0 Å². The summed E-state index contributed by atoms with van der Waals surface area (Å²) < 4.78 is 5.86. The predicted molar refractivity (Wildman–Crippen MR) is 83.6 cm³/mol. The first kappa shape index (κ1) is 14.4. The normalized spacial score (nSPS) is 28.8. The van der Waals surface area contributed by atoms with Crippen molar-refractivity contribution in [3.63, 3.8) is 0 Å². The molecule has 21 heavy (non-hydrogen) atoms. The third-order valence-electron chi connectivity index (χ3n) is 4.25. The quantitative estimate of drug-likeness (QED) is 0.875. The van der Waals surface area contributed by atoms with Crippen LogP contribution < -0.4 is 15.4 Å². The second kappa shape index (κ2) is 5.05. The van der Waals surface area contributed by atoms with E-state index in [9.17, 15) is 5.11 Å². The number of aliphatic hydroxyl groups is 1. The van der Waals surface area contributed by atoms with Gasteiger partial charge < -0.3 is 20.5 Å². The van der Waals surface area contributed by atoms with Gasteiger partial charge in [-0.2, -0.15) is 4.98 Å². The second-order valence-corrected chi connectivity index (χ2v) is 7.20. The van der Waals surface area contributed by atoms with Crippen LogP contribution >= 0.6 is 0 Å². The van der Waals surface area contributed by atoms with E-state index in [1.165, 1.54) is 0 Å². The Hall–Kier alpha value is -1.49.